The van der Waals surface area contributed by atoms with Crippen molar-refractivity contribution in [3.8, 4) is 0 Å². The molecule has 2 N–H and O–H groups in total. The first-order valence-corrected chi connectivity index (χ1v) is 10.1. The second kappa shape index (κ2) is 7.18. The Morgan fingerprint density at radius 1 is 1.24 bits per heavy atom. The summed E-state index contributed by atoms with van der Waals surface area (Å²) in [6, 6.07) is 11.3. The first-order valence-electron chi connectivity index (χ1n) is 9.18. The highest BCUT2D eigenvalue weighted by molar-refractivity contribution is 7.12. The number of hydrogen-bond donors (Lipinski definition) is 2. The van der Waals surface area contributed by atoms with Crippen molar-refractivity contribution in [1.29, 1.82) is 5.41 Å². The molecule has 132 valence electrons. The van der Waals surface area contributed by atoms with Crippen LogP contribution in [0, 0.1) is 5.41 Å². The average Bonchev–Trinajstić information content (AvgIpc) is 3.24. The third-order valence-corrected chi connectivity index (χ3v) is 6.22. The lowest BCUT2D eigenvalue weighted by Gasteiger charge is -2.31. The number of rotatable bonds is 3. The summed E-state index contributed by atoms with van der Waals surface area (Å²) in [4.78, 5) is 6.05. The third kappa shape index (κ3) is 3.58. The molecule has 4 rings (SSSR count). The maximum absolute atomic E-state index is 8.25. The predicted molar refractivity (Wildman–Crippen MR) is 107 cm³/mol. The monoisotopic (exact) mass is 354 g/mol. The fourth-order valence-corrected chi connectivity index (χ4v) is 4.66. The molecule has 0 aliphatic carbocycles. The van der Waals surface area contributed by atoms with Crippen molar-refractivity contribution in [3.63, 3.8) is 0 Å². The Morgan fingerprint density at radius 2 is 2.16 bits per heavy atom. The maximum Gasteiger partial charge on any atom is 0.140 e. The summed E-state index contributed by atoms with van der Waals surface area (Å²) in [5.41, 5.74) is 3.87. The number of benzene rings is 1. The molecule has 0 amide bonds. The number of thiophene rings is 1. The first-order chi connectivity index (χ1) is 12.2. The molecule has 4 nitrogen and oxygen atoms in total. The summed E-state index contributed by atoms with van der Waals surface area (Å²) in [6.07, 6.45) is 4.91. The smallest absolute Gasteiger partial charge is 0.140 e. The molecular formula is C20H26N4S. The van der Waals surface area contributed by atoms with E-state index in [1.807, 2.05) is 17.5 Å². The number of nitrogens with one attached hydrogen (secondary N) is 2. The van der Waals surface area contributed by atoms with E-state index in [2.05, 4.69) is 40.4 Å². The van der Waals surface area contributed by atoms with E-state index < -0.39 is 0 Å². The van der Waals surface area contributed by atoms with E-state index in [-0.39, 0.29) is 0 Å². The molecule has 1 aromatic heterocycles. The highest BCUT2D eigenvalue weighted by Gasteiger charge is 2.28. The Balaban J connectivity index is 1.56. The standard InChI is InChI=1S/C20H26N4S/c1-23-11-9-17(14-23)24-10-3-2-5-15-13-16(7-8-18(15)24)22-20(21)19-6-4-12-25-19/h4,6-8,12-13,17H,2-3,5,9-11,14H2,1H3,(H2,21,22). The summed E-state index contributed by atoms with van der Waals surface area (Å²) >= 11 is 1.60. The van der Waals surface area contributed by atoms with Gasteiger partial charge in [-0.05, 0) is 74.5 Å². The van der Waals surface area contributed by atoms with Crippen molar-refractivity contribution < 1.29 is 0 Å². The van der Waals surface area contributed by atoms with Crippen LogP contribution >= 0.6 is 11.3 Å². The molecule has 0 radical (unpaired) electrons. The molecule has 1 atom stereocenters. The minimum Gasteiger partial charge on any atom is -0.367 e. The molecule has 1 unspecified atom stereocenters. The summed E-state index contributed by atoms with van der Waals surface area (Å²) in [6.45, 7) is 3.54. The van der Waals surface area contributed by atoms with E-state index in [9.17, 15) is 0 Å². The van der Waals surface area contributed by atoms with Gasteiger partial charge in [0.05, 0.1) is 4.88 Å². The number of likely N-dealkylation sites (N-methyl/N-ethyl adjacent to an activating group) is 1. The third-order valence-electron chi connectivity index (χ3n) is 5.33. The Bertz CT molecular complexity index is 740. The zero-order chi connectivity index (χ0) is 17.2. The van der Waals surface area contributed by atoms with Gasteiger partial charge in [0.15, 0.2) is 0 Å². The van der Waals surface area contributed by atoms with Gasteiger partial charge >= 0.3 is 0 Å². The van der Waals surface area contributed by atoms with Crippen molar-refractivity contribution in [2.45, 2.75) is 31.7 Å². The van der Waals surface area contributed by atoms with E-state index in [1.54, 1.807) is 11.3 Å². The van der Waals surface area contributed by atoms with E-state index in [4.69, 9.17) is 5.41 Å². The van der Waals surface area contributed by atoms with Crippen LogP contribution in [0.5, 0.6) is 0 Å². The normalized spacial score (nSPS) is 21.0. The highest BCUT2D eigenvalue weighted by Crippen LogP contribution is 2.32. The van der Waals surface area contributed by atoms with Crippen molar-refractivity contribution in [2.24, 2.45) is 0 Å². The number of amidine groups is 1. The zero-order valence-electron chi connectivity index (χ0n) is 14.8. The predicted octanol–water partition coefficient (Wildman–Crippen LogP) is 4.03. The van der Waals surface area contributed by atoms with Crippen LogP contribution in [0.3, 0.4) is 0 Å². The second-order valence-corrected chi connectivity index (χ2v) is 8.12. The van der Waals surface area contributed by atoms with Crippen LogP contribution in [-0.2, 0) is 6.42 Å². The van der Waals surface area contributed by atoms with E-state index in [0.29, 0.717) is 11.9 Å². The van der Waals surface area contributed by atoms with Gasteiger partial charge in [0.2, 0.25) is 0 Å². The fraction of sp³-hybridized carbons (Fsp3) is 0.450. The summed E-state index contributed by atoms with van der Waals surface area (Å²) in [5.74, 6) is 0.484. The van der Waals surface area contributed by atoms with Crippen LogP contribution in [0.15, 0.2) is 35.7 Å². The molecular weight excluding hydrogens is 328 g/mol. The number of fused-ring (bicyclic) bond motifs is 1. The molecule has 2 aliphatic rings. The minimum absolute atomic E-state index is 0.484. The van der Waals surface area contributed by atoms with Gasteiger partial charge in [-0.3, -0.25) is 5.41 Å². The summed E-state index contributed by atoms with van der Waals surface area (Å²) in [7, 11) is 2.22. The van der Waals surface area contributed by atoms with Gasteiger partial charge in [0, 0.05) is 30.5 Å². The van der Waals surface area contributed by atoms with Crippen LogP contribution < -0.4 is 10.2 Å². The average molecular weight is 355 g/mol. The molecule has 0 spiro atoms. The van der Waals surface area contributed by atoms with Gasteiger partial charge in [-0.2, -0.15) is 0 Å². The topological polar surface area (TPSA) is 42.4 Å². The van der Waals surface area contributed by atoms with E-state index >= 15 is 0 Å². The van der Waals surface area contributed by atoms with Crippen LogP contribution in [0.4, 0.5) is 11.4 Å². The Hall–Kier alpha value is -1.85. The first kappa shape index (κ1) is 16.6. The van der Waals surface area contributed by atoms with Gasteiger partial charge in [-0.25, -0.2) is 0 Å². The van der Waals surface area contributed by atoms with Crippen molar-refractivity contribution in [2.75, 3.05) is 36.9 Å². The van der Waals surface area contributed by atoms with E-state index in [0.717, 1.165) is 17.0 Å². The van der Waals surface area contributed by atoms with Gasteiger partial charge in [-0.1, -0.05) is 6.07 Å². The number of hydrogen-bond acceptors (Lipinski definition) is 4. The zero-order valence-corrected chi connectivity index (χ0v) is 15.6. The van der Waals surface area contributed by atoms with E-state index in [1.165, 1.54) is 50.1 Å². The van der Waals surface area contributed by atoms with Crippen molar-refractivity contribution >= 4 is 28.5 Å². The molecule has 1 aromatic carbocycles. The highest BCUT2D eigenvalue weighted by atomic mass is 32.1. The molecule has 25 heavy (non-hydrogen) atoms. The lowest BCUT2D eigenvalue weighted by molar-refractivity contribution is 0.407. The molecule has 1 saturated heterocycles. The Morgan fingerprint density at radius 3 is 2.92 bits per heavy atom. The fourth-order valence-electron chi connectivity index (χ4n) is 4.03. The van der Waals surface area contributed by atoms with Gasteiger partial charge in [0.25, 0.3) is 0 Å². The Labute approximate surface area is 154 Å². The van der Waals surface area contributed by atoms with Crippen LogP contribution in [0.1, 0.15) is 29.7 Å². The van der Waals surface area contributed by atoms with Gasteiger partial charge in [0.1, 0.15) is 5.84 Å². The number of nitrogens with zero attached hydrogens (tertiary/aromatic N) is 2. The molecule has 3 heterocycles. The van der Waals surface area contributed by atoms with Crippen molar-refractivity contribution in [1.82, 2.24) is 4.90 Å². The second-order valence-electron chi connectivity index (χ2n) is 7.18. The van der Waals surface area contributed by atoms with Crippen molar-refractivity contribution in [3.05, 3.63) is 46.2 Å². The largest absolute Gasteiger partial charge is 0.367 e. The molecule has 5 heteroatoms. The number of likely N-dealkylation sites (tertiary alicyclic amines) is 1. The van der Waals surface area contributed by atoms with Crippen LogP contribution in [0.2, 0.25) is 0 Å². The molecule has 0 bridgehead atoms. The molecule has 2 aromatic rings. The lowest BCUT2D eigenvalue weighted by Crippen LogP contribution is -2.37. The van der Waals surface area contributed by atoms with Gasteiger partial charge in [-0.15, -0.1) is 11.3 Å². The minimum atomic E-state index is 0.484. The molecule has 0 saturated carbocycles. The molecule has 2 aliphatic heterocycles. The van der Waals surface area contributed by atoms with Crippen LogP contribution in [-0.4, -0.2) is 43.5 Å². The quantitative estimate of drug-likeness (QED) is 0.646. The summed E-state index contributed by atoms with van der Waals surface area (Å²) in [5, 5.41) is 13.5. The SMILES string of the molecule is CN1CCC(N2CCCCc3cc(NC(=N)c4cccs4)ccc32)C1. The van der Waals surface area contributed by atoms with Crippen LogP contribution in [0.25, 0.3) is 0 Å². The summed E-state index contributed by atoms with van der Waals surface area (Å²) < 4.78 is 0. The Kier molecular flexibility index (Phi) is 4.77. The molecule has 1 fully saturated rings. The lowest BCUT2D eigenvalue weighted by atomic mass is 10.1. The maximum atomic E-state index is 8.25. The number of aryl methyl sites for hydroxylation is 1. The number of anilines is 2. The van der Waals surface area contributed by atoms with Gasteiger partial charge < -0.3 is 15.1 Å².